The first kappa shape index (κ1) is 29.2. The highest BCUT2D eigenvalue weighted by Gasteiger charge is 2.10. The number of amides is 1. The third-order valence-electron chi connectivity index (χ3n) is 5.75. The molecule has 5 N–H and O–H groups in total. The molecule has 2 heterocycles. The SMILES string of the molecule is CCNc1nc(NCCOCCNc2nc(NCC)c3cc(NC(C)=O)ccc3n2)nc2ccc(N=COC)cc12. The maximum absolute atomic E-state index is 11.4. The number of carbonyl (C=O) groups is 1. The number of aromatic nitrogens is 4. The fraction of sp³-hybridized carbons (Fsp3) is 0.357. The van der Waals surface area contributed by atoms with Gasteiger partial charge in [0.2, 0.25) is 17.8 Å². The zero-order chi connectivity index (χ0) is 29.0. The summed E-state index contributed by atoms with van der Waals surface area (Å²) in [6.45, 7) is 8.93. The van der Waals surface area contributed by atoms with Crippen molar-refractivity contribution in [3.63, 3.8) is 0 Å². The summed E-state index contributed by atoms with van der Waals surface area (Å²) in [7, 11) is 1.56. The third-order valence-corrected chi connectivity index (χ3v) is 5.75. The molecule has 13 heteroatoms. The minimum atomic E-state index is -0.130. The summed E-state index contributed by atoms with van der Waals surface area (Å²) in [5, 5.41) is 17.5. The van der Waals surface area contributed by atoms with E-state index in [0.717, 1.165) is 39.9 Å². The minimum Gasteiger partial charge on any atom is -0.486 e. The van der Waals surface area contributed by atoms with E-state index in [1.165, 1.54) is 13.3 Å². The van der Waals surface area contributed by atoms with Gasteiger partial charge in [0.05, 0.1) is 37.0 Å². The van der Waals surface area contributed by atoms with Crippen LogP contribution in [0.15, 0.2) is 41.4 Å². The Morgan fingerprint density at radius 3 is 1.98 bits per heavy atom. The van der Waals surface area contributed by atoms with Crippen molar-refractivity contribution >= 4 is 69.0 Å². The molecule has 1 amide bonds. The second kappa shape index (κ2) is 14.6. The number of benzene rings is 2. The van der Waals surface area contributed by atoms with E-state index in [2.05, 4.69) is 51.5 Å². The van der Waals surface area contributed by atoms with Crippen molar-refractivity contribution in [2.45, 2.75) is 20.8 Å². The summed E-state index contributed by atoms with van der Waals surface area (Å²) < 4.78 is 10.7. The molecule has 0 saturated carbocycles. The van der Waals surface area contributed by atoms with Crippen molar-refractivity contribution in [1.29, 1.82) is 0 Å². The highest BCUT2D eigenvalue weighted by Crippen LogP contribution is 2.27. The molecule has 2 aromatic heterocycles. The lowest BCUT2D eigenvalue weighted by Crippen LogP contribution is -2.17. The van der Waals surface area contributed by atoms with Gasteiger partial charge in [0.25, 0.3) is 0 Å². The van der Waals surface area contributed by atoms with E-state index in [4.69, 9.17) is 9.47 Å². The summed E-state index contributed by atoms with van der Waals surface area (Å²) in [5.41, 5.74) is 3.03. The number of ether oxygens (including phenoxy) is 2. The molecule has 2 aromatic carbocycles. The zero-order valence-corrected chi connectivity index (χ0v) is 23.7. The molecule has 216 valence electrons. The van der Waals surface area contributed by atoms with E-state index in [-0.39, 0.29) is 5.91 Å². The Morgan fingerprint density at radius 1 is 0.829 bits per heavy atom. The smallest absolute Gasteiger partial charge is 0.225 e. The molecular formula is C28H36N10O3. The molecule has 0 fully saturated rings. The third kappa shape index (κ3) is 8.11. The van der Waals surface area contributed by atoms with Crippen LogP contribution in [-0.2, 0) is 14.3 Å². The van der Waals surface area contributed by atoms with Crippen molar-refractivity contribution in [3.8, 4) is 0 Å². The lowest BCUT2D eigenvalue weighted by Gasteiger charge is -2.13. The normalized spacial score (nSPS) is 11.1. The molecule has 41 heavy (non-hydrogen) atoms. The van der Waals surface area contributed by atoms with Gasteiger partial charge < -0.3 is 36.1 Å². The van der Waals surface area contributed by atoms with Crippen molar-refractivity contribution in [1.82, 2.24) is 19.9 Å². The summed E-state index contributed by atoms with van der Waals surface area (Å²) in [5.74, 6) is 2.32. The number of anilines is 5. The fourth-order valence-corrected chi connectivity index (χ4v) is 4.05. The van der Waals surface area contributed by atoms with Crippen LogP contribution in [0.4, 0.5) is 34.9 Å². The van der Waals surface area contributed by atoms with Crippen LogP contribution in [0, 0.1) is 0 Å². The van der Waals surface area contributed by atoms with Crippen LogP contribution >= 0.6 is 0 Å². The standard InChI is InChI=1S/C28H36N10O3/c1-5-29-25-21-15-19(33-17-40-4)7-9-23(21)35-27(37-25)31-11-13-41-14-12-32-28-36-24-10-8-20(34-18(3)39)16-22(24)26(38-28)30-6-2/h7-10,15-17H,5-6,11-14H2,1-4H3,(H,34,39)(H2,29,31,35,37)(H2,30,32,36,38). The first-order valence-electron chi connectivity index (χ1n) is 13.5. The molecule has 0 radical (unpaired) electrons. The Morgan fingerprint density at radius 2 is 1.41 bits per heavy atom. The Labute approximate surface area is 238 Å². The molecule has 0 aliphatic heterocycles. The number of hydrogen-bond donors (Lipinski definition) is 5. The van der Waals surface area contributed by atoms with Gasteiger partial charge in [-0.25, -0.2) is 15.0 Å². The summed E-state index contributed by atoms with van der Waals surface area (Å²) in [4.78, 5) is 34.1. The van der Waals surface area contributed by atoms with Crippen molar-refractivity contribution in [2.75, 3.05) is 73.1 Å². The van der Waals surface area contributed by atoms with E-state index < -0.39 is 0 Å². The summed E-state index contributed by atoms with van der Waals surface area (Å²) >= 11 is 0. The molecule has 0 atom stereocenters. The first-order chi connectivity index (χ1) is 20.0. The maximum Gasteiger partial charge on any atom is 0.225 e. The quantitative estimate of drug-likeness (QED) is 0.0804. The Balaban J connectivity index is 1.29. The van der Waals surface area contributed by atoms with Gasteiger partial charge in [-0.1, -0.05) is 0 Å². The highest BCUT2D eigenvalue weighted by atomic mass is 16.5. The number of nitrogens with one attached hydrogen (secondary N) is 5. The van der Waals surface area contributed by atoms with Gasteiger partial charge in [0.1, 0.15) is 11.6 Å². The van der Waals surface area contributed by atoms with Crippen molar-refractivity contribution in [3.05, 3.63) is 36.4 Å². The number of hydrogen-bond acceptors (Lipinski definition) is 12. The maximum atomic E-state index is 11.4. The van der Waals surface area contributed by atoms with E-state index >= 15 is 0 Å². The van der Waals surface area contributed by atoms with Crippen LogP contribution in [0.3, 0.4) is 0 Å². The van der Waals surface area contributed by atoms with Crippen LogP contribution in [0.25, 0.3) is 21.8 Å². The molecular weight excluding hydrogens is 524 g/mol. The Kier molecular flexibility index (Phi) is 10.4. The Hall–Kier alpha value is -4.78. The number of nitrogens with zero attached hydrogens (tertiary/aromatic N) is 5. The van der Waals surface area contributed by atoms with Gasteiger partial charge in [-0.05, 0) is 50.2 Å². The van der Waals surface area contributed by atoms with Crippen LogP contribution in [0.5, 0.6) is 0 Å². The molecule has 13 nitrogen and oxygen atoms in total. The molecule has 0 aliphatic rings. The van der Waals surface area contributed by atoms with Crippen LogP contribution in [0.1, 0.15) is 20.8 Å². The van der Waals surface area contributed by atoms with Gasteiger partial charge in [-0.3, -0.25) is 4.79 Å². The molecule has 0 bridgehead atoms. The van der Waals surface area contributed by atoms with Gasteiger partial charge in [-0.2, -0.15) is 9.97 Å². The number of carbonyl (C=O) groups excluding carboxylic acids is 1. The van der Waals surface area contributed by atoms with Crippen LogP contribution < -0.4 is 26.6 Å². The lowest BCUT2D eigenvalue weighted by atomic mass is 10.2. The zero-order valence-electron chi connectivity index (χ0n) is 23.7. The summed E-state index contributed by atoms with van der Waals surface area (Å²) in [6, 6.07) is 11.3. The van der Waals surface area contributed by atoms with Crippen molar-refractivity contribution in [2.24, 2.45) is 4.99 Å². The van der Waals surface area contributed by atoms with E-state index in [0.29, 0.717) is 56.2 Å². The second-order valence-electron chi connectivity index (χ2n) is 8.90. The van der Waals surface area contributed by atoms with Gasteiger partial charge >= 0.3 is 0 Å². The van der Waals surface area contributed by atoms with Gasteiger partial charge in [0.15, 0.2) is 6.40 Å². The number of fused-ring (bicyclic) bond motifs is 2. The molecule has 4 rings (SSSR count). The molecule has 0 unspecified atom stereocenters. The number of methoxy groups -OCH3 is 1. The lowest BCUT2D eigenvalue weighted by molar-refractivity contribution is -0.114. The first-order valence-corrected chi connectivity index (χ1v) is 13.5. The topological polar surface area (TPSA) is 160 Å². The monoisotopic (exact) mass is 560 g/mol. The molecule has 0 saturated heterocycles. The minimum absolute atomic E-state index is 0.130. The molecule has 0 aliphatic carbocycles. The van der Waals surface area contributed by atoms with Gasteiger partial charge in [-0.15, -0.1) is 0 Å². The van der Waals surface area contributed by atoms with E-state index in [1.807, 2.05) is 50.2 Å². The average molecular weight is 561 g/mol. The highest BCUT2D eigenvalue weighted by molar-refractivity contribution is 5.96. The molecule has 0 spiro atoms. The largest absolute Gasteiger partial charge is 0.486 e. The van der Waals surface area contributed by atoms with Gasteiger partial charge in [0, 0.05) is 49.6 Å². The number of aliphatic imine (C=N–C) groups is 1. The van der Waals surface area contributed by atoms with Crippen LogP contribution in [-0.4, -0.2) is 78.7 Å². The van der Waals surface area contributed by atoms with E-state index in [9.17, 15) is 4.79 Å². The van der Waals surface area contributed by atoms with E-state index in [1.54, 1.807) is 7.11 Å². The second-order valence-corrected chi connectivity index (χ2v) is 8.90. The van der Waals surface area contributed by atoms with Crippen molar-refractivity contribution < 1.29 is 14.3 Å². The predicted octanol–water partition coefficient (Wildman–Crippen LogP) is 4.24. The summed E-state index contributed by atoms with van der Waals surface area (Å²) in [6.07, 6.45) is 1.39. The van der Waals surface area contributed by atoms with Crippen LogP contribution in [0.2, 0.25) is 0 Å². The Bertz CT molecular complexity index is 1510. The average Bonchev–Trinajstić information content (AvgIpc) is 2.96. The predicted molar refractivity (Wildman–Crippen MR) is 165 cm³/mol. The molecule has 4 aromatic rings. The number of rotatable bonds is 15. The fourth-order valence-electron chi connectivity index (χ4n) is 4.05.